The average molecular weight is 367 g/mol. The van der Waals surface area contributed by atoms with E-state index in [1.807, 2.05) is 11.3 Å². The Labute approximate surface area is 156 Å². The number of nitrogens with one attached hydrogen (secondary N) is 2. The molecule has 1 aliphatic rings. The third-order valence-electron chi connectivity index (χ3n) is 4.69. The van der Waals surface area contributed by atoms with Crippen LogP contribution in [0, 0.1) is 5.92 Å². The predicted octanol–water partition coefficient (Wildman–Crippen LogP) is 2.46. The van der Waals surface area contributed by atoms with Crippen molar-refractivity contribution in [1.29, 1.82) is 0 Å². The van der Waals surface area contributed by atoms with E-state index in [4.69, 9.17) is 4.99 Å². The van der Waals surface area contributed by atoms with Gasteiger partial charge in [-0.1, -0.05) is 13.3 Å². The van der Waals surface area contributed by atoms with E-state index in [0.717, 1.165) is 64.5 Å². The van der Waals surface area contributed by atoms with Crippen LogP contribution < -0.4 is 10.6 Å². The van der Waals surface area contributed by atoms with Crippen molar-refractivity contribution < 1.29 is 5.11 Å². The van der Waals surface area contributed by atoms with E-state index in [0.29, 0.717) is 5.92 Å². The van der Waals surface area contributed by atoms with Crippen LogP contribution in [0.15, 0.2) is 16.4 Å². The molecule has 2 rings (SSSR count). The Bertz CT molecular complexity index is 511. The molecule has 1 unspecified atom stereocenters. The van der Waals surface area contributed by atoms with Gasteiger partial charge >= 0.3 is 0 Å². The third kappa shape index (κ3) is 6.96. The highest BCUT2D eigenvalue weighted by Gasteiger charge is 2.16. The summed E-state index contributed by atoms with van der Waals surface area (Å²) >= 11 is 1.89. The highest BCUT2D eigenvalue weighted by atomic mass is 32.1. The number of guanidine groups is 1. The number of thiophene rings is 1. The molecule has 1 aromatic heterocycles. The number of nitrogens with zero attached hydrogens (tertiary/aromatic N) is 2. The quantitative estimate of drug-likeness (QED) is 0.440. The lowest BCUT2D eigenvalue weighted by Gasteiger charge is -2.27. The van der Waals surface area contributed by atoms with Gasteiger partial charge in [0, 0.05) is 50.8 Å². The van der Waals surface area contributed by atoms with Crippen LogP contribution in [0.2, 0.25) is 0 Å². The fourth-order valence-electron chi connectivity index (χ4n) is 3.31. The Balaban J connectivity index is 1.76. The van der Waals surface area contributed by atoms with Gasteiger partial charge in [0.2, 0.25) is 0 Å². The zero-order chi connectivity index (χ0) is 17.9. The Morgan fingerprint density at radius 1 is 1.36 bits per heavy atom. The second kappa shape index (κ2) is 11.5. The number of rotatable bonds is 10. The van der Waals surface area contributed by atoms with E-state index >= 15 is 0 Å². The van der Waals surface area contributed by atoms with Gasteiger partial charge in [0.15, 0.2) is 5.96 Å². The zero-order valence-corrected chi connectivity index (χ0v) is 16.6. The normalized spacial score (nSPS) is 16.5. The molecule has 0 spiro atoms. The second-order valence-corrected chi connectivity index (χ2v) is 7.71. The predicted molar refractivity (Wildman–Crippen MR) is 107 cm³/mol. The first-order valence-electron chi connectivity index (χ1n) is 9.67. The lowest BCUT2D eigenvalue weighted by molar-refractivity contribution is 0.253. The van der Waals surface area contributed by atoms with Gasteiger partial charge in [-0.05, 0) is 49.1 Å². The van der Waals surface area contributed by atoms with Crippen molar-refractivity contribution in [3.8, 4) is 0 Å². The summed E-state index contributed by atoms with van der Waals surface area (Å²) in [4.78, 5) is 8.80. The van der Waals surface area contributed by atoms with Crippen LogP contribution in [0.25, 0.3) is 0 Å². The standard InChI is InChI=1S/C19H34N4OS/c1-3-5-16(7-12-24)14-22-19(20-4-2)21-9-11-23-10-6-18-17(15-23)8-13-25-18/h8,13,16,24H,3-7,9-12,14-15H2,1-2H3,(H2,20,21,22). The summed E-state index contributed by atoms with van der Waals surface area (Å²) in [5.41, 5.74) is 1.50. The van der Waals surface area contributed by atoms with E-state index in [2.05, 4.69) is 40.8 Å². The first-order chi connectivity index (χ1) is 12.3. The Kier molecular flexibility index (Phi) is 9.29. The summed E-state index contributed by atoms with van der Waals surface area (Å²) in [6.45, 7) is 10.4. The van der Waals surface area contributed by atoms with Crippen molar-refractivity contribution in [2.24, 2.45) is 10.9 Å². The molecule has 2 heterocycles. The highest BCUT2D eigenvalue weighted by Crippen LogP contribution is 2.23. The molecule has 0 bridgehead atoms. The van der Waals surface area contributed by atoms with Gasteiger partial charge in [-0.3, -0.25) is 9.89 Å². The lowest BCUT2D eigenvalue weighted by Crippen LogP contribution is -2.42. The Morgan fingerprint density at radius 3 is 3.00 bits per heavy atom. The Hall–Kier alpha value is -1.11. The number of hydrogen-bond acceptors (Lipinski definition) is 4. The largest absolute Gasteiger partial charge is 0.396 e. The molecular weight excluding hydrogens is 332 g/mol. The molecule has 142 valence electrons. The van der Waals surface area contributed by atoms with Crippen LogP contribution in [-0.4, -0.2) is 55.3 Å². The fraction of sp³-hybridized carbons (Fsp3) is 0.737. The number of fused-ring (bicyclic) bond motifs is 1. The van der Waals surface area contributed by atoms with Crippen molar-refractivity contribution in [3.63, 3.8) is 0 Å². The minimum atomic E-state index is 0.254. The molecule has 0 saturated carbocycles. The summed E-state index contributed by atoms with van der Waals surface area (Å²) in [6, 6.07) is 2.26. The first kappa shape index (κ1) is 20.2. The molecule has 0 radical (unpaired) electrons. The van der Waals surface area contributed by atoms with Gasteiger partial charge in [-0.15, -0.1) is 11.3 Å². The van der Waals surface area contributed by atoms with Gasteiger partial charge in [0.25, 0.3) is 0 Å². The summed E-state index contributed by atoms with van der Waals surface area (Å²) in [5.74, 6) is 1.37. The van der Waals surface area contributed by atoms with Crippen molar-refractivity contribution in [3.05, 3.63) is 21.9 Å². The molecule has 1 aliphatic heterocycles. The highest BCUT2D eigenvalue weighted by molar-refractivity contribution is 7.10. The molecule has 0 fully saturated rings. The molecule has 25 heavy (non-hydrogen) atoms. The summed E-state index contributed by atoms with van der Waals surface area (Å²) < 4.78 is 0. The molecule has 0 aromatic carbocycles. The molecule has 0 amide bonds. The van der Waals surface area contributed by atoms with Gasteiger partial charge in [-0.25, -0.2) is 0 Å². The maximum absolute atomic E-state index is 9.19. The van der Waals surface area contributed by atoms with Crippen LogP contribution in [-0.2, 0) is 13.0 Å². The minimum absolute atomic E-state index is 0.254. The monoisotopic (exact) mass is 366 g/mol. The van der Waals surface area contributed by atoms with Crippen LogP contribution in [0.4, 0.5) is 0 Å². The van der Waals surface area contributed by atoms with E-state index in [1.54, 1.807) is 4.88 Å². The zero-order valence-electron chi connectivity index (χ0n) is 15.8. The summed E-state index contributed by atoms with van der Waals surface area (Å²) in [7, 11) is 0. The first-order valence-corrected chi connectivity index (χ1v) is 10.5. The van der Waals surface area contributed by atoms with Crippen molar-refractivity contribution in [2.45, 2.75) is 46.1 Å². The van der Waals surface area contributed by atoms with E-state index in [1.165, 1.54) is 12.0 Å². The van der Waals surface area contributed by atoms with Crippen molar-refractivity contribution in [1.82, 2.24) is 15.5 Å². The number of aliphatic hydroxyl groups is 1. The van der Waals surface area contributed by atoms with Crippen molar-refractivity contribution >= 4 is 17.3 Å². The van der Waals surface area contributed by atoms with Crippen LogP contribution >= 0.6 is 11.3 Å². The van der Waals surface area contributed by atoms with Crippen LogP contribution in [0.3, 0.4) is 0 Å². The lowest BCUT2D eigenvalue weighted by atomic mass is 10.0. The number of hydrogen-bond donors (Lipinski definition) is 3. The number of aliphatic imine (C=N–C) groups is 1. The molecule has 1 atom stereocenters. The third-order valence-corrected chi connectivity index (χ3v) is 5.72. The van der Waals surface area contributed by atoms with E-state index in [9.17, 15) is 5.11 Å². The second-order valence-electron chi connectivity index (χ2n) is 6.71. The van der Waals surface area contributed by atoms with Crippen molar-refractivity contribution in [2.75, 3.05) is 39.3 Å². The topological polar surface area (TPSA) is 59.9 Å². The van der Waals surface area contributed by atoms with Crippen LogP contribution in [0.1, 0.15) is 43.6 Å². The summed E-state index contributed by atoms with van der Waals surface area (Å²) in [6.07, 6.45) is 4.29. The van der Waals surface area contributed by atoms with Gasteiger partial charge in [0.1, 0.15) is 0 Å². The van der Waals surface area contributed by atoms with Gasteiger partial charge < -0.3 is 15.7 Å². The minimum Gasteiger partial charge on any atom is -0.396 e. The fourth-order valence-corrected chi connectivity index (χ4v) is 4.20. The Morgan fingerprint density at radius 2 is 2.24 bits per heavy atom. The molecule has 1 aromatic rings. The van der Waals surface area contributed by atoms with E-state index < -0.39 is 0 Å². The molecular formula is C19H34N4OS. The van der Waals surface area contributed by atoms with Gasteiger partial charge in [-0.2, -0.15) is 0 Å². The molecule has 3 N–H and O–H groups in total. The molecule has 5 nitrogen and oxygen atoms in total. The average Bonchev–Trinajstić information content (AvgIpc) is 3.07. The molecule has 6 heteroatoms. The smallest absolute Gasteiger partial charge is 0.191 e. The van der Waals surface area contributed by atoms with Gasteiger partial charge in [0.05, 0.1) is 0 Å². The SMILES string of the molecule is CCCC(CCO)CN=C(NCC)NCCN1CCc2sccc2C1. The number of aliphatic hydroxyl groups excluding tert-OH is 1. The maximum Gasteiger partial charge on any atom is 0.191 e. The summed E-state index contributed by atoms with van der Waals surface area (Å²) in [5, 5.41) is 18.2. The van der Waals surface area contributed by atoms with Crippen LogP contribution in [0.5, 0.6) is 0 Å². The van der Waals surface area contributed by atoms with E-state index in [-0.39, 0.29) is 6.61 Å². The maximum atomic E-state index is 9.19. The molecule has 0 saturated heterocycles. The molecule has 0 aliphatic carbocycles.